The topological polar surface area (TPSA) is 24.5 Å². The highest BCUT2D eigenvalue weighted by molar-refractivity contribution is 4.86. The van der Waals surface area contributed by atoms with Gasteiger partial charge in [-0.25, -0.2) is 0 Å². The molecule has 94 valence electrons. The van der Waals surface area contributed by atoms with E-state index in [1.807, 2.05) is 0 Å². The molecule has 3 atom stereocenters. The van der Waals surface area contributed by atoms with Gasteiger partial charge in [-0.15, -0.1) is 0 Å². The van der Waals surface area contributed by atoms with Gasteiger partial charge >= 0.3 is 0 Å². The van der Waals surface area contributed by atoms with Gasteiger partial charge in [0.15, 0.2) is 0 Å². The van der Waals surface area contributed by atoms with Gasteiger partial charge in [0.2, 0.25) is 0 Å². The first-order valence-corrected chi connectivity index (χ1v) is 6.90. The Hall–Kier alpha value is -0.120. The van der Waals surface area contributed by atoms with Crippen LogP contribution in [0.4, 0.5) is 0 Å². The molecule has 1 N–H and O–H groups in total. The van der Waals surface area contributed by atoms with E-state index < -0.39 is 0 Å². The predicted molar refractivity (Wildman–Crippen MR) is 66.7 cm³/mol. The molecular formula is C13H26N2O. The Morgan fingerprint density at radius 3 is 3.06 bits per heavy atom. The van der Waals surface area contributed by atoms with Gasteiger partial charge in [-0.05, 0) is 26.2 Å². The van der Waals surface area contributed by atoms with E-state index in [2.05, 4.69) is 24.1 Å². The maximum absolute atomic E-state index is 5.80. The van der Waals surface area contributed by atoms with Crippen molar-refractivity contribution in [1.82, 2.24) is 10.2 Å². The molecule has 0 aromatic carbocycles. The van der Waals surface area contributed by atoms with Crippen molar-refractivity contribution in [1.29, 1.82) is 0 Å². The summed E-state index contributed by atoms with van der Waals surface area (Å²) >= 11 is 0. The first kappa shape index (κ1) is 12.3. The van der Waals surface area contributed by atoms with Crippen LogP contribution in [0.25, 0.3) is 0 Å². The summed E-state index contributed by atoms with van der Waals surface area (Å²) in [5.41, 5.74) is 0. The van der Waals surface area contributed by atoms with Crippen LogP contribution in [0, 0.1) is 0 Å². The number of nitrogens with zero attached hydrogens (tertiary/aromatic N) is 1. The van der Waals surface area contributed by atoms with E-state index in [0.717, 1.165) is 13.2 Å². The normalized spacial score (nSPS) is 34.1. The molecule has 2 rings (SSSR count). The number of rotatable bonds is 4. The molecule has 0 saturated carbocycles. The van der Waals surface area contributed by atoms with E-state index in [-0.39, 0.29) is 0 Å². The molecule has 0 radical (unpaired) electrons. The quantitative estimate of drug-likeness (QED) is 0.788. The summed E-state index contributed by atoms with van der Waals surface area (Å²) in [5.74, 6) is 0. The fourth-order valence-electron chi connectivity index (χ4n) is 2.98. The van der Waals surface area contributed by atoms with Crippen molar-refractivity contribution in [3.8, 4) is 0 Å². The molecule has 2 fully saturated rings. The van der Waals surface area contributed by atoms with Gasteiger partial charge in [0, 0.05) is 38.3 Å². The Kier molecular flexibility index (Phi) is 4.62. The maximum atomic E-state index is 5.80. The minimum absolute atomic E-state index is 0.486. The molecule has 2 aliphatic heterocycles. The lowest BCUT2D eigenvalue weighted by Crippen LogP contribution is -2.55. The van der Waals surface area contributed by atoms with E-state index in [1.54, 1.807) is 0 Å². The summed E-state index contributed by atoms with van der Waals surface area (Å²) < 4.78 is 5.80. The monoisotopic (exact) mass is 226 g/mol. The van der Waals surface area contributed by atoms with Crippen LogP contribution in [-0.2, 0) is 4.74 Å². The van der Waals surface area contributed by atoms with Gasteiger partial charge in [0.1, 0.15) is 0 Å². The summed E-state index contributed by atoms with van der Waals surface area (Å²) in [6.45, 7) is 9.10. The second-order valence-electron chi connectivity index (χ2n) is 5.23. The minimum Gasteiger partial charge on any atom is -0.377 e. The number of piperazine rings is 1. The molecule has 0 spiro atoms. The second kappa shape index (κ2) is 5.99. The van der Waals surface area contributed by atoms with Crippen LogP contribution in [-0.4, -0.2) is 49.3 Å². The molecule has 2 saturated heterocycles. The van der Waals surface area contributed by atoms with Crippen LogP contribution in [0.2, 0.25) is 0 Å². The summed E-state index contributed by atoms with van der Waals surface area (Å²) in [7, 11) is 0. The molecule has 16 heavy (non-hydrogen) atoms. The lowest BCUT2D eigenvalue weighted by Gasteiger charge is -2.39. The van der Waals surface area contributed by atoms with E-state index >= 15 is 0 Å². The third-order valence-electron chi connectivity index (χ3n) is 4.00. The van der Waals surface area contributed by atoms with Crippen LogP contribution in [0.3, 0.4) is 0 Å². The van der Waals surface area contributed by atoms with Gasteiger partial charge in [-0.1, -0.05) is 13.3 Å². The number of nitrogens with one attached hydrogen (secondary N) is 1. The first-order chi connectivity index (χ1) is 7.81. The Morgan fingerprint density at radius 2 is 2.38 bits per heavy atom. The predicted octanol–water partition coefficient (Wildman–Crippen LogP) is 1.63. The number of hydrogen-bond acceptors (Lipinski definition) is 3. The molecule has 3 unspecified atom stereocenters. The first-order valence-electron chi connectivity index (χ1n) is 6.90. The van der Waals surface area contributed by atoms with Crippen LogP contribution < -0.4 is 5.32 Å². The highest BCUT2D eigenvalue weighted by Gasteiger charge is 2.30. The van der Waals surface area contributed by atoms with Crippen molar-refractivity contribution in [3.05, 3.63) is 0 Å². The Labute approximate surface area is 99.5 Å². The maximum Gasteiger partial charge on any atom is 0.0728 e. The van der Waals surface area contributed by atoms with Crippen molar-refractivity contribution in [2.75, 3.05) is 26.2 Å². The standard InChI is InChI=1S/C13H26N2O/c1-3-5-12-10-15(8-7-14-12)11(2)13-6-4-9-16-13/h11-14H,3-10H2,1-2H3. The minimum atomic E-state index is 0.486. The SMILES string of the molecule is CCCC1CN(C(C)C2CCCO2)CCN1. The molecule has 3 nitrogen and oxygen atoms in total. The van der Waals surface area contributed by atoms with E-state index in [9.17, 15) is 0 Å². The van der Waals surface area contributed by atoms with Gasteiger partial charge in [-0.3, -0.25) is 4.90 Å². The third kappa shape index (κ3) is 2.96. The lowest BCUT2D eigenvalue weighted by molar-refractivity contribution is 0.0192. The zero-order chi connectivity index (χ0) is 11.4. The molecule has 0 aromatic rings. The summed E-state index contributed by atoms with van der Waals surface area (Å²) in [6.07, 6.45) is 5.57. The van der Waals surface area contributed by atoms with Crippen LogP contribution in [0.15, 0.2) is 0 Å². The zero-order valence-corrected chi connectivity index (χ0v) is 10.7. The fourth-order valence-corrected chi connectivity index (χ4v) is 2.98. The molecule has 0 amide bonds. The molecule has 3 heteroatoms. The van der Waals surface area contributed by atoms with Gasteiger partial charge in [0.05, 0.1) is 6.10 Å². The van der Waals surface area contributed by atoms with Crippen LogP contribution in [0.5, 0.6) is 0 Å². The average Bonchev–Trinajstić information content (AvgIpc) is 2.82. The lowest BCUT2D eigenvalue weighted by atomic mass is 10.0. The Balaban J connectivity index is 1.82. The van der Waals surface area contributed by atoms with Crippen LogP contribution >= 0.6 is 0 Å². The molecule has 0 aromatic heterocycles. The summed E-state index contributed by atoms with van der Waals surface area (Å²) in [6, 6.07) is 1.30. The Bertz CT molecular complexity index is 202. The highest BCUT2D eigenvalue weighted by atomic mass is 16.5. The van der Waals surface area contributed by atoms with E-state index in [0.29, 0.717) is 18.2 Å². The second-order valence-corrected chi connectivity index (χ2v) is 5.23. The Morgan fingerprint density at radius 1 is 1.50 bits per heavy atom. The number of ether oxygens (including phenoxy) is 1. The van der Waals surface area contributed by atoms with Crippen molar-refractivity contribution >= 4 is 0 Å². The molecular weight excluding hydrogens is 200 g/mol. The molecule has 0 bridgehead atoms. The van der Waals surface area contributed by atoms with Crippen molar-refractivity contribution in [2.24, 2.45) is 0 Å². The highest BCUT2D eigenvalue weighted by Crippen LogP contribution is 2.20. The zero-order valence-electron chi connectivity index (χ0n) is 10.7. The molecule has 2 aliphatic rings. The number of hydrogen-bond donors (Lipinski definition) is 1. The van der Waals surface area contributed by atoms with Crippen molar-refractivity contribution in [2.45, 2.75) is 57.7 Å². The van der Waals surface area contributed by atoms with Gasteiger partial charge in [-0.2, -0.15) is 0 Å². The van der Waals surface area contributed by atoms with Crippen LogP contribution in [0.1, 0.15) is 39.5 Å². The van der Waals surface area contributed by atoms with Crippen molar-refractivity contribution < 1.29 is 4.74 Å². The van der Waals surface area contributed by atoms with Crippen molar-refractivity contribution in [3.63, 3.8) is 0 Å². The summed E-state index contributed by atoms with van der Waals surface area (Å²) in [4.78, 5) is 2.62. The summed E-state index contributed by atoms with van der Waals surface area (Å²) in [5, 5.41) is 3.61. The average molecular weight is 226 g/mol. The molecule has 0 aliphatic carbocycles. The van der Waals surface area contributed by atoms with Gasteiger partial charge < -0.3 is 10.1 Å². The smallest absolute Gasteiger partial charge is 0.0728 e. The van der Waals surface area contributed by atoms with E-state index in [1.165, 1.54) is 38.8 Å². The molecule has 2 heterocycles. The fraction of sp³-hybridized carbons (Fsp3) is 1.00. The van der Waals surface area contributed by atoms with Gasteiger partial charge in [0.25, 0.3) is 0 Å². The van der Waals surface area contributed by atoms with E-state index in [4.69, 9.17) is 4.74 Å². The largest absolute Gasteiger partial charge is 0.377 e. The third-order valence-corrected chi connectivity index (χ3v) is 4.00.